The largest absolute Gasteiger partial charge is 0.494 e. The number of benzene rings is 1. The van der Waals surface area contributed by atoms with Crippen molar-refractivity contribution in [3.63, 3.8) is 0 Å². The second kappa shape index (κ2) is 8.67. The van der Waals surface area contributed by atoms with Crippen molar-refractivity contribution in [2.45, 2.75) is 32.1 Å². The third kappa shape index (κ3) is 5.05. The molecule has 0 aliphatic heterocycles. The minimum atomic E-state index is 0.110. The van der Waals surface area contributed by atoms with Gasteiger partial charge in [-0.1, -0.05) is 31.0 Å². The SMILES string of the molecule is NCC1CCCCC1C(=O)NCCCOc1ccccc1. The molecule has 1 amide bonds. The summed E-state index contributed by atoms with van der Waals surface area (Å²) in [6.45, 7) is 1.91. The van der Waals surface area contributed by atoms with E-state index >= 15 is 0 Å². The van der Waals surface area contributed by atoms with Gasteiger partial charge in [-0.15, -0.1) is 0 Å². The summed E-state index contributed by atoms with van der Waals surface area (Å²) < 4.78 is 5.60. The number of nitrogens with one attached hydrogen (secondary N) is 1. The van der Waals surface area contributed by atoms with Crippen LogP contribution in [0.4, 0.5) is 0 Å². The van der Waals surface area contributed by atoms with Crippen LogP contribution in [0.2, 0.25) is 0 Å². The number of carbonyl (C=O) groups is 1. The fraction of sp³-hybridized carbons (Fsp3) is 0.588. The molecule has 2 atom stereocenters. The maximum Gasteiger partial charge on any atom is 0.223 e. The van der Waals surface area contributed by atoms with Gasteiger partial charge in [0.2, 0.25) is 5.91 Å². The van der Waals surface area contributed by atoms with Gasteiger partial charge in [0, 0.05) is 12.5 Å². The fourth-order valence-electron chi connectivity index (χ4n) is 2.96. The molecule has 1 fully saturated rings. The van der Waals surface area contributed by atoms with Crippen LogP contribution >= 0.6 is 0 Å². The molecule has 0 aromatic heterocycles. The maximum absolute atomic E-state index is 12.2. The summed E-state index contributed by atoms with van der Waals surface area (Å²) in [5.74, 6) is 1.52. The zero-order valence-corrected chi connectivity index (χ0v) is 12.6. The van der Waals surface area contributed by atoms with E-state index in [1.165, 1.54) is 6.42 Å². The van der Waals surface area contributed by atoms with Crippen LogP contribution in [0.25, 0.3) is 0 Å². The van der Waals surface area contributed by atoms with Gasteiger partial charge < -0.3 is 15.8 Å². The van der Waals surface area contributed by atoms with Crippen molar-refractivity contribution in [1.82, 2.24) is 5.32 Å². The minimum absolute atomic E-state index is 0.110. The molecule has 116 valence electrons. The van der Waals surface area contributed by atoms with Gasteiger partial charge in [-0.2, -0.15) is 0 Å². The van der Waals surface area contributed by atoms with E-state index in [9.17, 15) is 4.79 Å². The lowest BCUT2D eigenvalue weighted by molar-refractivity contribution is -0.127. The Morgan fingerprint density at radius 3 is 2.76 bits per heavy atom. The average molecular weight is 290 g/mol. The van der Waals surface area contributed by atoms with Gasteiger partial charge in [0.15, 0.2) is 0 Å². The zero-order chi connectivity index (χ0) is 14.9. The first-order chi connectivity index (χ1) is 10.3. The lowest BCUT2D eigenvalue weighted by Gasteiger charge is -2.29. The Balaban J connectivity index is 1.62. The average Bonchev–Trinajstić information content (AvgIpc) is 2.55. The van der Waals surface area contributed by atoms with Crippen molar-refractivity contribution in [2.24, 2.45) is 17.6 Å². The third-order valence-electron chi connectivity index (χ3n) is 4.18. The summed E-state index contributed by atoms with van der Waals surface area (Å²) >= 11 is 0. The van der Waals surface area contributed by atoms with Crippen LogP contribution < -0.4 is 15.8 Å². The van der Waals surface area contributed by atoms with E-state index in [1.807, 2.05) is 30.3 Å². The number of rotatable bonds is 7. The molecule has 2 rings (SSSR count). The predicted octanol–water partition coefficient (Wildman–Crippen LogP) is 2.34. The highest BCUT2D eigenvalue weighted by atomic mass is 16.5. The zero-order valence-electron chi connectivity index (χ0n) is 12.6. The molecule has 0 bridgehead atoms. The molecule has 2 unspecified atom stereocenters. The van der Waals surface area contributed by atoms with Crippen molar-refractivity contribution in [3.05, 3.63) is 30.3 Å². The van der Waals surface area contributed by atoms with Crippen LogP contribution in [0.5, 0.6) is 5.75 Å². The van der Waals surface area contributed by atoms with Crippen LogP contribution in [0.3, 0.4) is 0 Å². The lowest BCUT2D eigenvalue weighted by Crippen LogP contribution is -2.40. The molecular formula is C17H26N2O2. The van der Waals surface area contributed by atoms with E-state index in [0.717, 1.165) is 31.4 Å². The topological polar surface area (TPSA) is 64.4 Å². The number of hydrogen-bond acceptors (Lipinski definition) is 3. The molecule has 1 aromatic carbocycles. The molecule has 4 nitrogen and oxygen atoms in total. The Kier molecular flexibility index (Phi) is 6.54. The van der Waals surface area contributed by atoms with Crippen molar-refractivity contribution in [3.8, 4) is 5.75 Å². The number of amides is 1. The summed E-state index contributed by atoms with van der Waals surface area (Å²) in [4.78, 5) is 12.2. The third-order valence-corrected chi connectivity index (χ3v) is 4.18. The molecule has 1 aliphatic carbocycles. The first-order valence-corrected chi connectivity index (χ1v) is 7.97. The van der Waals surface area contributed by atoms with Crippen LogP contribution in [0, 0.1) is 11.8 Å². The number of hydrogen-bond donors (Lipinski definition) is 2. The van der Waals surface area contributed by atoms with Gasteiger partial charge >= 0.3 is 0 Å². The summed E-state index contributed by atoms with van der Waals surface area (Å²) in [6, 6.07) is 9.74. The van der Waals surface area contributed by atoms with Gasteiger partial charge in [0.1, 0.15) is 5.75 Å². The second-order valence-electron chi connectivity index (χ2n) is 5.69. The highest BCUT2D eigenvalue weighted by Gasteiger charge is 2.29. The summed E-state index contributed by atoms with van der Waals surface area (Å²) in [7, 11) is 0. The Hall–Kier alpha value is -1.55. The van der Waals surface area contributed by atoms with E-state index in [1.54, 1.807) is 0 Å². The van der Waals surface area contributed by atoms with Crippen molar-refractivity contribution in [2.75, 3.05) is 19.7 Å². The number of ether oxygens (including phenoxy) is 1. The highest BCUT2D eigenvalue weighted by Crippen LogP contribution is 2.29. The van der Waals surface area contributed by atoms with Gasteiger partial charge in [0.05, 0.1) is 6.61 Å². The second-order valence-corrected chi connectivity index (χ2v) is 5.69. The predicted molar refractivity (Wildman–Crippen MR) is 84.1 cm³/mol. The molecule has 3 N–H and O–H groups in total. The quantitative estimate of drug-likeness (QED) is 0.758. The van der Waals surface area contributed by atoms with Crippen molar-refractivity contribution in [1.29, 1.82) is 0 Å². The summed E-state index contributed by atoms with van der Waals surface area (Å²) in [5, 5.41) is 3.03. The van der Waals surface area contributed by atoms with E-state index in [0.29, 0.717) is 25.6 Å². The van der Waals surface area contributed by atoms with Crippen LogP contribution in [-0.4, -0.2) is 25.6 Å². The Bertz CT molecular complexity index is 422. The molecule has 0 heterocycles. The molecule has 0 radical (unpaired) electrons. The molecular weight excluding hydrogens is 264 g/mol. The van der Waals surface area contributed by atoms with Gasteiger partial charge in [-0.3, -0.25) is 4.79 Å². The number of carbonyl (C=O) groups excluding carboxylic acids is 1. The standard InChI is InChI=1S/C17H26N2O2/c18-13-14-7-4-5-10-16(14)17(20)19-11-6-12-21-15-8-2-1-3-9-15/h1-3,8-9,14,16H,4-7,10-13,18H2,(H,19,20). The minimum Gasteiger partial charge on any atom is -0.494 e. The summed E-state index contributed by atoms with van der Waals surface area (Å²) in [6.07, 6.45) is 5.24. The van der Waals surface area contributed by atoms with Crippen LogP contribution in [0.15, 0.2) is 30.3 Å². The monoisotopic (exact) mass is 290 g/mol. The van der Waals surface area contributed by atoms with E-state index < -0.39 is 0 Å². The molecule has 0 saturated heterocycles. The molecule has 0 spiro atoms. The maximum atomic E-state index is 12.2. The molecule has 1 saturated carbocycles. The van der Waals surface area contributed by atoms with E-state index in [-0.39, 0.29) is 11.8 Å². The first-order valence-electron chi connectivity index (χ1n) is 7.97. The van der Waals surface area contributed by atoms with Gasteiger partial charge in [0.25, 0.3) is 0 Å². The normalized spacial score (nSPS) is 21.8. The fourth-order valence-corrected chi connectivity index (χ4v) is 2.96. The van der Waals surface area contributed by atoms with Crippen molar-refractivity contribution >= 4 is 5.91 Å². The molecule has 1 aromatic rings. The summed E-state index contributed by atoms with van der Waals surface area (Å²) in [5.41, 5.74) is 5.77. The molecule has 4 heteroatoms. The molecule has 21 heavy (non-hydrogen) atoms. The smallest absolute Gasteiger partial charge is 0.223 e. The van der Waals surface area contributed by atoms with Crippen LogP contribution in [-0.2, 0) is 4.79 Å². The highest BCUT2D eigenvalue weighted by molar-refractivity contribution is 5.79. The van der Waals surface area contributed by atoms with Crippen molar-refractivity contribution < 1.29 is 9.53 Å². The van der Waals surface area contributed by atoms with Gasteiger partial charge in [-0.25, -0.2) is 0 Å². The number of para-hydroxylation sites is 1. The first kappa shape index (κ1) is 15.8. The van der Waals surface area contributed by atoms with E-state index in [2.05, 4.69) is 5.32 Å². The Morgan fingerprint density at radius 2 is 2.00 bits per heavy atom. The van der Waals surface area contributed by atoms with E-state index in [4.69, 9.17) is 10.5 Å². The Morgan fingerprint density at radius 1 is 1.24 bits per heavy atom. The Labute approximate surface area is 127 Å². The lowest BCUT2D eigenvalue weighted by atomic mass is 9.79. The van der Waals surface area contributed by atoms with Gasteiger partial charge in [-0.05, 0) is 43.9 Å². The van der Waals surface area contributed by atoms with Crippen LogP contribution in [0.1, 0.15) is 32.1 Å². The molecule has 1 aliphatic rings. The number of nitrogens with two attached hydrogens (primary N) is 1.